The van der Waals surface area contributed by atoms with Crippen LogP contribution >= 0.6 is 24.2 Å². The molecule has 0 heterocycles. The van der Waals surface area contributed by atoms with Crippen LogP contribution in [0, 0.1) is 0 Å². The molecule has 0 aliphatic heterocycles. The number of ether oxygens (including phenoxy) is 1. The lowest BCUT2D eigenvalue weighted by Crippen LogP contribution is -2.09. The van der Waals surface area contributed by atoms with Gasteiger partial charge in [-0.2, -0.15) is 0 Å². The van der Waals surface area contributed by atoms with Gasteiger partial charge in [-0.3, -0.25) is 4.79 Å². The fraction of sp³-hybridized carbons (Fsp3) is 0.750. The predicted molar refractivity (Wildman–Crippen MR) is 35.3 cm³/mol. The van der Waals surface area contributed by atoms with Gasteiger partial charge in [0, 0.05) is 0 Å². The summed E-state index contributed by atoms with van der Waals surface area (Å²) in [6.07, 6.45) is 0. The normalized spacial score (nSPS) is 12.9. The summed E-state index contributed by atoms with van der Waals surface area (Å²) in [6, 6.07) is 0. The topological polar surface area (TPSA) is 26.3 Å². The first kappa shape index (κ1) is 8.11. The molecular weight excluding hydrogens is 148 g/mol. The number of esters is 1. The Morgan fingerprint density at radius 3 is 2.62 bits per heavy atom. The van der Waals surface area contributed by atoms with Gasteiger partial charge >= 0.3 is 5.97 Å². The summed E-state index contributed by atoms with van der Waals surface area (Å²) in [5.41, 5.74) is -0.360. The minimum absolute atomic E-state index is 0.106. The fourth-order valence-corrected chi connectivity index (χ4v) is 0.402. The molecule has 0 aromatic carbocycles. The monoisotopic (exact) mass is 154 g/mol. The third-order valence-corrected chi connectivity index (χ3v) is 0.735. The van der Waals surface area contributed by atoms with Crippen LogP contribution in [0.5, 0.6) is 0 Å². The summed E-state index contributed by atoms with van der Waals surface area (Å²) >= 11 is 8.88. The van der Waals surface area contributed by atoms with Crippen LogP contribution < -0.4 is 0 Å². The van der Waals surface area contributed by atoms with Gasteiger partial charge in [0.1, 0.15) is 11.3 Å². The van der Waals surface area contributed by atoms with Gasteiger partial charge < -0.3 is 4.74 Å². The first-order valence-electron chi connectivity index (χ1n) is 2.10. The molecule has 0 spiro atoms. The van der Waals surface area contributed by atoms with Gasteiger partial charge in [-0.25, -0.2) is 0 Å². The molecule has 2 nitrogen and oxygen atoms in total. The minimum atomic E-state index is -0.436. The molecule has 4 heteroatoms. The zero-order valence-corrected chi connectivity index (χ0v) is 6.08. The first-order valence-corrected chi connectivity index (χ1v) is 3.15. The minimum Gasteiger partial charge on any atom is -0.451 e. The van der Waals surface area contributed by atoms with E-state index in [1.807, 2.05) is 0 Å². The maximum atomic E-state index is 10.2. The zero-order valence-electron chi connectivity index (χ0n) is 4.43. The Morgan fingerprint density at radius 2 is 2.50 bits per heavy atom. The van der Waals surface area contributed by atoms with E-state index in [0.717, 1.165) is 0 Å². The Hall–Kier alpha value is 0.110. The van der Waals surface area contributed by atoms with Gasteiger partial charge in [0.2, 0.25) is 0 Å². The van der Waals surface area contributed by atoms with Crippen LogP contribution in [0.1, 0.15) is 6.92 Å². The Kier molecular flexibility index (Phi) is 4.09. The van der Waals surface area contributed by atoms with Crippen molar-refractivity contribution in [3.05, 3.63) is 0 Å². The van der Waals surface area contributed by atoms with Crippen LogP contribution in [-0.2, 0) is 9.53 Å². The number of thiol groups is 1. The van der Waals surface area contributed by atoms with E-state index in [1.54, 1.807) is 6.92 Å². The average molecular weight is 155 g/mol. The molecule has 0 aliphatic carbocycles. The Morgan fingerprint density at radius 1 is 2.00 bits per heavy atom. The average Bonchev–Trinajstić information content (AvgIpc) is 1.65. The van der Waals surface area contributed by atoms with E-state index in [-0.39, 0.29) is 11.3 Å². The van der Waals surface area contributed by atoms with E-state index in [4.69, 9.17) is 11.6 Å². The first-order chi connectivity index (χ1) is 3.66. The molecule has 0 saturated carbocycles. The third-order valence-electron chi connectivity index (χ3n) is 0.411. The second-order valence-corrected chi connectivity index (χ2v) is 2.22. The second kappa shape index (κ2) is 4.04. The highest BCUT2D eigenvalue weighted by Crippen LogP contribution is 1.95. The molecule has 0 rings (SSSR count). The van der Waals surface area contributed by atoms with Crippen LogP contribution in [0.25, 0.3) is 0 Å². The van der Waals surface area contributed by atoms with Crippen molar-refractivity contribution in [1.29, 1.82) is 0 Å². The fourth-order valence-electron chi connectivity index (χ4n) is 0.222. The van der Waals surface area contributed by atoms with Crippen LogP contribution in [0.15, 0.2) is 0 Å². The van der Waals surface area contributed by atoms with E-state index >= 15 is 0 Å². The van der Waals surface area contributed by atoms with Gasteiger partial charge in [-0.05, 0) is 6.92 Å². The molecular formula is C4H7ClO2S. The molecule has 0 bridgehead atoms. The molecule has 0 N–H and O–H groups in total. The molecule has 0 radical (unpaired) electrons. The maximum Gasteiger partial charge on any atom is 0.321 e. The lowest BCUT2D eigenvalue weighted by Gasteiger charge is -2.02. The lowest BCUT2D eigenvalue weighted by atomic mass is 10.7. The zero-order chi connectivity index (χ0) is 6.57. The SMILES string of the molecule is CC(S)OC(=O)CCl. The summed E-state index contributed by atoms with van der Waals surface area (Å²) < 4.78 is 4.49. The highest BCUT2D eigenvalue weighted by atomic mass is 35.5. The largest absolute Gasteiger partial charge is 0.451 e. The van der Waals surface area contributed by atoms with E-state index in [0.29, 0.717) is 0 Å². The van der Waals surface area contributed by atoms with Gasteiger partial charge in [0.25, 0.3) is 0 Å². The molecule has 0 aliphatic rings. The molecule has 48 valence electrons. The van der Waals surface area contributed by atoms with Crippen molar-refractivity contribution in [2.45, 2.75) is 12.4 Å². The smallest absolute Gasteiger partial charge is 0.321 e. The Bertz CT molecular complexity index is 84.1. The van der Waals surface area contributed by atoms with Gasteiger partial charge in [-0.1, -0.05) is 0 Å². The molecule has 0 amide bonds. The van der Waals surface area contributed by atoms with Gasteiger partial charge in [-0.15, -0.1) is 24.2 Å². The molecule has 8 heavy (non-hydrogen) atoms. The lowest BCUT2D eigenvalue weighted by molar-refractivity contribution is -0.141. The van der Waals surface area contributed by atoms with Gasteiger partial charge in [0.15, 0.2) is 0 Å². The number of halogens is 1. The van der Waals surface area contributed by atoms with Crippen LogP contribution in [-0.4, -0.2) is 17.3 Å². The Balaban J connectivity index is 3.25. The summed E-state index contributed by atoms with van der Waals surface area (Å²) in [6.45, 7) is 1.65. The van der Waals surface area contributed by atoms with Crippen LogP contribution in [0.3, 0.4) is 0 Å². The summed E-state index contributed by atoms with van der Waals surface area (Å²) in [5, 5.41) is 0. The summed E-state index contributed by atoms with van der Waals surface area (Å²) in [7, 11) is 0. The number of carbonyl (C=O) groups is 1. The number of carbonyl (C=O) groups excluding carboxylic acids is 1. The third kappa shape index (κ3) is 4.27. The molecule has 1 atom stereocenters. The number of hydrogen-bond donors (Lipinski definition) is 1. The van der Waals surface area contributed by atoms with Crippen molar-refractivity contribution in [3.63, 3.8) is 0 Å². The highest BCUT2D eigenvalue weighted by Gasteiger charge is 2.01. The molecule has 0 fully saturated rings. The number of hydrogen-bond acceptors (Lipinski definition) is 3. The molecule has 0 aromatic rings. The van der Waals surface area contributed by atoms with E-state index < -0.39 is 5.97 Å². The van der Waals surface area contributed by atoms with E-state index in [9.17, 15) is 4.79 Å². The van der Waals surface area contributed by atoms with Crippen LogP contribution in [0.2, 0.25) is 0 Å². The maximum absolute atomic E-state index is 10.2. The standard InChI is InChI=1S/C4H7ClO2S/c1-3(8)7-4(6)2-5/h3,8H,2H2,1H3. The molecule has 0 saturated heterocycles. The molecule has 0 aromatic heterocycles. The summed E-state index contributed by atoms with van der Waals surface area (Å²) in [5.74, 6) is -0.542. The quantitative estimate of drug-likeness (QED) is 0.279. The summed E-state index contributed by atoms with van der Waals surface area (Å²) in [4.78, 5) is 10.2. The number of rotatable bonds is 2. The van der Waals surface area contributed by atoms with E-state index in [1.165, 1.54) is 0 Å². The van der Waals surface area contributed by atoms with Crippen molar-refractivity contribution in [2.24, 2.45) is 0 Å². The van der Waals surface area contributed by atoms with Crippen molar-refractivity contribution in [1.82, 2.24) is 0 Å². The number of alkyl halides is 1. The van der Waals surface area contributed by atoms with Crippen molar-refractivity contribution < 1.29 is 9.53 Å². The molecule has 1 unspecified atom stereocenters. The van der Waals surface area contributed by atoms with Crippen LogP contribution in [0.4, 0.5) is 0 Å². The van der Waals surface area contributed by atoms with E-state index in [2.05, 4.69) is 17.4 Å². The predicted octanol–water partition coefficient (Wildman–Crippen LogP) is 1.04. The van der Waals surface area contributed by atoms with Crippen molar-refractivity contribution >= 4 is 30.2 Å². The van der Waals surface area contributed by atoms with Crippen molar-refractivity contribution in [2.75, 3.05) is 5.88 Å². The highest BCUT2D eigenvalue weighted by molar-refractivity contribution is 7.80. The van der Waals surface area contributed by atoms with Crippen molar-refractivity contribution in [3.8, 4) is 0 Å². The Labute approximate surface area is 58.6 Å². The van der Waals surface area contributed by atoms with Gasteiger partial charge in [0.05, 0.1) is 0 Å². The second-order valence-electron chi connectivity index (χ2n) is 1.22.